The summed E-state index contributed by atoms with van der Waals surface area (Å²) < 4.78 is 27.2. The molecule has 0 unspecified atom stereocenters. The molecule has 0 fully saturated rings. The van der Waals surface area contributed by atoms with E-state index in [9.17, 15) is 0 Å². The largest absolute Gasteiger partial charge is 0.493 e. The molecule has 0 N–H and O–H groups in total. The lowest BCUT2D eigenvalue weighted by atomic mass is 9.98. The summed E-state index contributed by atoms with van der Waals surface area (Å²) in [6.07, 6.45) is 18.8. The van der Waals surface area contributed by atoms with Gasteiger partial charge in [0.05, 0.1) is 35.4 Å². The zero-order chi connectivity index (χ0) is 34.4. The van der Waals surface area contributed by atoms with Crippen LogP contribution in [0.3, 0.4) is 0 Å². The van der Waals surface area contributed by atoms with Crippen molar-refractivity contribution in [3.8, 4) is 45.3 Å². The predicted octanol–water partition coefficient (Wildman–Crippen LogP) is 14.4. The van der Waals surface area contributed by atoms with Crippen LogP contribution in [0.1, 0.15) is 130 Å². The van der Waals surface area contributed by atoms with Crippen LogP contribution < -0.4 is 18.9 Å². The van der Waals surface area contributed by atoms with Crippen LogP contribution in [0, 0.1) is 0 Å². The van der Waals surface area contributed by atoms with E-state index in [-0.39, 0.29) is 0 Å². The van der Waals surface area contributed by atoms with Gasteiger partial charge in [-0.15, -0.1) is 0 Å². The standard InChI is InChI=1S/C42H60Br2O4/c1-5-9-13-17-25-45-39-31-37(43)41(47-27-19-15-11-7-3)29-35(39)33-21-23-34(24-22-33)36-30-42(48-28-20-16-12-8-4)38(44)32-40(36)46-26-18-14-10-6-2/h21-24,29-32H,5-20,25-28H2,1-4H3. The van der Waals surface area contributed by atoms with Crippen LogP contribution in [0.25, 0.3) is 22.3 Å². The van der Waals surface area contributed by atoms with Gasteiger partial charge in [-0.05, 0) is 92.9 Å². The Morgan fingerprint density at radius 3 is 0.958 bits per heavy atom. The molecule has 0 saturated heterocycles. The fourth-order valence-electron chi connectivity index (χ4n) is 5.65. The average molecular weight is 789 g/mol. The van der Waals surface area contributed by atoms with Gasteiger partial charge < -0.3 is 18.9 Å². The van der Waals surface area contributed by atoms with Crippen molar-refractivity contribution in [1.29, 1.82) is 0 Å². The molecule has 3 aromatic rings. The van der Waals surface area contributed by atoms with E-state index in [0.717, 1.165) is 79.9 Å². The molecule has 4 nitrogen and oxygen atoms in total. The second-order valence-corrected chi connectivity index (χ2v) is 14.5. The van der Waals surface area contributed by atoms with E-state index in [1.165, 1.54) is 77.0 Å². The van der Waals surface area contributed by atoms with Crippen LogP contribution in [-0.2, 0) is 0 Å². The molecule has 0 atom stereocenters. The molecule has 0 spiro atoms. The molecule has 3 rings (SSSR count). The summed E-state index contributed by atoms with van der Waals surface area (Å²) in [6, 6.07) is 17.2. The van der Waals surface area contributed by atoms with E-state index in [1.807, 2.05) is 0 Å². The van der Waals surface area contributed by atoms with E-state index in [4.69, 9.17) is 18.9 Å². The Balaban J connectivity index is 1.90. The minimum atomic E-state index is 0.702. The second-order valence-electron chi connectivity index (χ2n) is 12.8. The van der Waals surface area contributed by atoms with Gasteiger partial charge in [0, 0.05) is 11.1 Å². The molecule has 0 aliphatic heterocycles. The lowest BCUT2D eigenvalue weighted by Gasteiger charge is -2.18. The van der Waals surface area contributed by atoms with Crippen LogP contribution in [-0.4, -0.2) is 26.4 Å². The highest BCUT2D eigenvalue weighted by atomic mass is 79.9. The third-order valence-corrected chi connectivity index (χ3v) is 9.84. The second kappa shape index (κ2) is 24.1. The van der Waals surface area contributed by atoms with Crippen molar-refractivity contribution in [1.82, 2.24) is 0 Å². The van der Waals surface area contributed by atoms with Gasteiger partial charge in [-0.2, -0.15) is 0 Å². The molecular weight excluding hydrogens is 728 g/mol. The van der Waals surface area contributed by atoms with Gasteiger partial charge in [0.25, 0.3) is 0 Å². The van der Waals surface area contributed by atoms with Crippen LogP contribution in [0.15, 0.2) is 57.5 Å². The summed E-state index contributed by atoms with van der Waals surface area (Å²) in [5, 5.41) is 0. The Bertz CT molecular complexity index is 1210. The summed E-state index contributed by atoms with van der Waals surface area (Å²) >= 11 is 7.53. The normalized spacial score (nSPS) is 11.1. The molecule has 6 heteroatoms. The van der Waals surface area contributed by atoms with Crippen molar-refractivity contribution >= 4 is 31.9 Å². The Morgan fingerprint density at radius 2 is 0.667 bits per heavy atom. The number of halogens is 2. The fraction of sp³-hybridized carbons (Fsp3) is 0.571. The molecule has 0 heterocycles. The van der Waals surface area contributed by atoms with Gasteiger partial charge >= 0.3 is 0 Å². The first-order chi connectivity index (χ1) is 23.5. The highest BCUT2D eigenvalue weighted by molar-refractivity contribution is 9.11. The first-order valence-electron chi connectivity index (χ1n) is 18.8. The Hall–Kier alpha value is -2.18. The maximum Gasteiger partial charge on any atom is 0.134 e. The Labute approximate surface area is 308 Å². The summed E-state index contributed by atoms with van der Waals surface area (Å²) in [5.74, 6) is 3.47. The maximum atomic E-state index is 6.40. The lowest BCUT2D eigenvalue weighted by Crippen LogP contribution is -2.02. The smallest absolute Gasteiger partial charge is 0.134 e. The topological polar surface area (TPSA) is 36.9 Å². The molecular formula is C42H60Br2O4. The summed E-state index contributed by atoms with van der Waals surface area (Å²) in [7, 11) is 0. The van der Waals surface area contributed by atoms with Gasteiger partial charge in [0.2, 0.25) is 0 Å². The quantitative estimate of drug-likeness (QED) is 0.0759. The van der Waals surface area contributed by atoms with Crippen LogP contribution in [0.2, 0.25) is 0 Å². The summed E-state index contributed by atoms with van der Waals surface area (Å²) in [5.41, 5.74) is 4.28. The average Bonchev–Trinajstić information content (AvgIpc) is 3.09. The van der Waals surface area contributed by atoms with Gasteiger partial charge in [0.15, 0.2) is 0 Å². The molecule has 0 amide bonds. The molecule has 48 heavy (non-hydrogen) atoms. The monoisotopic (exact) mass is 786 g/mol. The number of hydrogen-bond donors (Lipinski definition) is 0. The van der Waals surface area contributed by atoms with E-state index in [0.29, 0.717) is 26.4 Å². The van der Waals surface area contributed by atoms with E-state index in [1.54, 1.807) is 0 Å². The van der Waals surface area contributed by atoms with E-state index < -0.39 is 0 Å². The zero-order valence-electron chi connectivity index (χ0n) is 30.1. The summed E-state index contributed by atoms with van der Waals surface area (Å²) in [4.78, 5) is 0. The minimum Gasteiger partial charge on any atom is -0.493 e. The first-order valence-corrected chi connectivity index (χ1v) is 20.4. The number of unbranched alkanes of at least 4 members (excludes halogenated alkanes) is 12. The SMILES string of the molecule is CCCCCCOc1cc(-c2ccc(-c3cc(OCCCCCC)c(Br)cc3OCCCCCC)cc2)c(OCCCCCC)cc1Br. The van der Waals surface area contributed by atoms with Crippen LogP contribution in [0.5, 0.6) is 23.0 Å². The van der Waals surface area contributed by atoms with Crippen LogP contribution >= 0.6 is 31.9 Å². The first kappa shape index (κ1) is 40.3. The number of rotatable bonds is 26. The van der Waals surface area contributed by atoms with E-state index >= 15 is 0 Å². The number of ether oxygens (including phenoxy) is 4. The molecule has 0 aliphatic rings. The molecule has 0 saturated carbocycles. The fourth-order valence-corrected chi connectivity index (χ4v) is 6.53. The van der Waals surface area contributed by atoms with Crippen molar-refractivity contribution in [2.45, 2.75) is 130 Å². The van der Waals surface area contributed by atoms with Crippen molar-refractivity contribution in [2.24, 2.45) is 0 Å². The minimum absolute atomic E-state index is 0.702. The van der Waals surface area contributed by atoms with Crippen molar-refractivity contribution < 1.29 is 18.9 Å². The Kier molecular flexibility index (Phi) is 20.2. The molecule has 3 aromatic carbocycles. The maximum absolute atomic E-state index is 6.40. The van der Waals surface area contributed by atoms with Gasteiger partial charge in [-0.25, -0.2) is 0 Å². The molecule has 0 radical (unpaired) electrons. The number of hydrogen-bond acceptors (Lipinski definition) is 4. The predicted molar refractivity (Wildman–Crippen MR) is 211 cm³/mol. The highest BCUT2D eigenvalue weighted by Gasteiger charge is 2.16. The molecule has 0 aromatic heterocycles. The zero-order valence-corrected chi connectivity index (χ0v) is 33.3. The van der Waals surface area contributed by atoms with Gasteiger partial charge in [0.1, 0.15) is 23.0 Å². The molecule has 0 bridgehead atoms. The third-order valence-electron chi connectivity index (χ3n) is 8.60. The number of benzene rings is 3. The van der Waals surface area contributed by atoms with Crippen molar-refractivity contribution in [3.63, 3.8) is 0 Å². The summed E-state index contributed by atoms with van der Waals surface area (Å²) in [6.45, 7) is 11.8. The van der Waals surface area contributed by atoms with E-state index in [2.05, 4.69) is 108 Å². The van der Waals surface area contributed by atoms with Crippen LogP contribution in [0.4, 0.5) is 0 Å². The van der Waals surface area contributed by atoms with Crippen molar-refractivity contribution in [2.75, 3.05) is 26.4 Å². The highest BCUT2D eigenvalue weighted by Crippen LogP contribution is 2.42. The molecule has 266 valence electrons. The lowest BCUT2D eigenvalue weighted by molar-refractivity contribution is 0.296. The van der Waals surface area contributed by atoms with Gasteiger partial charge in [-0.1, -0.05) is 129 Å². The molecule has 0 aliphatic carbocycles. The van der Waals surface area contributed by atoms with Gasteiger partial charge in [-0.3, -0.25) is 0 Å². The third kappa shape index (κ3) is 14.0. The Morgan fingerprint density at radius 1 is 0.375 bits per heavy atom. The van der Waals surface area contributed by atoms with Crippen molar-refractivity contribution in [3.05, 3.63) is 57.5 Å².